The third-order valence-corrected chi connectivity index (χ3v) is 5.91. The Hall–Kier alpha value is -3.89. The molecule has 0 heterocycles. The van der Waals surface area contributed by atoms with Crippen LogP contribution in [0.4, 0.5) is 5.69 Å². The Morgan fingerprint density at radius 3 is 2.12 bits per heavy atom. The molecule has 0 aliphatic heterocycles. The molecule has 172 valence electrons. The number of amides is 2. The number of hydrogen-bond donors (Lipinski definition) is 3. The van der Waals surface area contributed by atoms with Gasteiger partial charge in [0, 0.05) is 18.2 Å². The normalized spacial score (nSPS) is 10.8. The zero-order valence-corrected chi connectivity index (χ0v) is 18.8. The van der Waals surface area contributed by atoms with Gasteiger partial charge in [0.15, 0.2) is 0 Å². The summed E-state index contributed by atoms with van der Waals surface area (Å²) in [7, 11) is -1.02. The fourth-order valence-electron chi connectivity index (χ4n) is 2.96. The first-order valence-electron chi connectivity index (χ1n) is 9.78. The van der Waals surface area contributed by atoms with E-state index < -0.39 is 21.8 Å². The second-order valence-electron chi connectivity index (χ2n) is 6.88. The van der Waals surface area contributed by atoms with Gasteiger partial charge in [0.25, 0.3) is 21.8 Å². The number of ether oxygens (including phenoxy) is 2. The van der Waals surface area contributed by atoms with Gasteiger partial charge in [-0.05, 0) is 48.0 Å². The van der Waals surface area contributed by atoms with Gasteiger partial charge in [-0.25, -0.2) is 8.42 Å². The van der Waals surface area contributed by atoms with Crippen molar-refractivity contribution in [2.45, 2.75) is 11.5 Å². The molecule has 33 heavy (non-hydrogen) atoms. The Morgan fingerprint density at radius 1 is 0.818 bits per heavy atom. The summed E-state index contributed by atoms with van der Waals surface area (Å²) in [6.45, 7) is 0.345. The van der Waals surface area contributed by atoms with Gasteiger partial charge in [0.05, 0.1) is 24.3 Å². The number of hydrazine groups is 1. The van der Waals surface area contributed by atoms with Crippen LogP contribution in [-0.4, -0.2) is 34.5 Å². The molecule has 3 rings (SSSR count). The van der Waals surface area contributed by atoms with Crippen LogP contribution < -0.4 is 20.3 Å². The topological polar surface area (TPSA) is 123 Å². The minimum Gasteiger partial charge on any atom is -0.495 e. The monoisotopic (exact) mass is 469 g/mol. The first-order chi connectivity index (χ1) is 15.8. The fraction of sp³-hybridized carbons (Fsp3) is 0.130. The van der Waals surface area contributed by atoms with E-state index in [1.807, 2.05) is 6.07 Å². The minimum absolute atomic E-state index is 0.0475. The smallest absolute Gasteiger partial charge is 0.269 e. The lowest BCUT2D eigenvalue weighted by Gasteiger charge is -2.12. The number of anilines is 1. The SMILES string of the molecule is COCc1cccc(C(=O)NNC(=O)c2cccc(S(=O)(=O)Nc3ccccc3OC)c2)c1. The minimum atomic E-state index is -4.00. The number of hydrogen-bond acceptors (Lipinski definition) is 6. The number of carbonyl (C=O) groups is 2. The van der Waals surface area contributed by atoms with Crippen molar-refractivity contribution >= 4 is 27.5 Å². The number of benzene rings is 3. The van der Waals surface area contributed by atoms with Crippen LogP contribution in [0, 0.1) is 0 Å². The van der Waals surface area contributed by atoms with Gasteiger partial charge in [-0.15, -0.1) is 0 Å². The highest BCUT2D eigenvalue weighted by molar-refractivity contribution is 7.92. The van der Waals surface area contributed by atoms with Crippen LogP contribution in [0.5, 0.6) is 5.75 Å². The lowest BCUT2D eigenvalue weighted by atomic mass is 10.1. The molecule has 0 unspecified atom stereocenters. The van der Waals surface area contributed by atoms with E-state index in [0.717, 1.165) is 5.56 Å². The molecule has 0 aromatic heterocycles. The molecule has 0 aliphatic carbocycles. The maximum Gasteiger partial charge on any atom is 0.269 e. The van der Waals surface area contributed by atoms with Crippen molar-refractivity contribution in [1.29, 1.82) is 0 Å². The molecule has 0 spiro atoms. The predicted molar refractivity (Wildman–Crippen MR) is 122 cm³/mol. The fourth-order valence-corrected chi connectivity index (χ4v) is 4.08. The summed E-state index contributed by atoms with van der Waals surface area (Å²) < 4.78 is 38.3. The molecule has 0 radical (unpaired) electrons. The Labute approximate surface area is 191 Å². The summed E-state index contributed by atoms with van der Waals surface area (Å²) in [6, 6.07) is 18.7. The molecule has 0 atom stereocenters. The number of sulfonamides is 1. The second kappa shape index (κ2) is 10.6. The Bertz CT molecular complexity index is 1260. The maximum absolute atomic E-state index is 12.8. The molecule has 0 bridgehead atoms. The van der Waals surface area contributed by atoms with Crippen molar-refractivity contribution in [2.75, 3.05) is 18.9 Å². The van der Waals surface area contributed by atoms with E-state index in [9.17, 15) is 18.0 Å². The molecule has 3 aromatic rings. The molecule has 0 aliphatic rings. The van der Waals surface area contributed by atoms with Gasteiger partial charge in [0.2, 0.25) is 0 Å². The molecular formula is C23H23N3O6S. The predicted octanol–water partition coefficient (Wildman–Crippen LogP) is 2.72. The number of rotatable bonds is 8. The molecule has 2 amide bonds. The van der Waals surface area contributed by atoms with E-state index in [1.54, 1.807) is 49.6 Å². The largest absolute Gasteiger partial charge is 0.495 e. The van der Waals surface area contributed by atoms with Crippen molar-refractivity contribution in [2.24, 2.45) is 0 Å². The quantitative estimate of drug-likeness (QED) is 0.436. The van der Waals surface area contributed by atoms with Gasteiger partial charge in [-0.1, -0.05) is 30.3 Å². The summed E-state index contributed by atoms with van der Waals surface area (Å²) in [6.07, 6.45) is 0. The van der Waals surface area contributed by atoms with Crippen LogP contribution in [0.1, 0.15) is 26.3 Å². The zero-order chi connectivity index (χ0) is 23.8. The van der Waals surface area contributed by atoms with Crippen LogP contribution in [0.15, 0.2) is 77.7 Å². The van der Waals surface area contributed by atoms with Gasteiger partial charge in [-0.2, -0.15) is 0 Å². The number of para-hydroxylation sites is 2. The average Bonchev–Trinajstić information content (AvgIpc) is 2.83. The highest BCUT2D eigenvalue weighted by Crippen LogP contribution is 2.26. The number of carbonyl (C=O) groups excluding carboxylic acids is 2. The third kappa shape index (κ3) is 6.09. The highest BCUT2D eigenvalue weighted by atomic mass is 32.2. The average molecular weight is 470 g/mol. The van der Waals surface area contributed by atoms with Crippen molar-refractivity contribution in [1.82, 2.24) is 10.9 Å². The van der Waals surface area contributed by atoms with E-state index in [0.29, 0.717) is 17.9 Å². The highest BCUT2D eigenvalue weighted by Gasteiger charge is 2.18. The van der Waals surface area contributed by atoms with Crippen LogP contribution >= 0.6 is 0 Å². The summed E-state index contributed by atoms with van der Waals surface area (Å²) >= 11 is 0. The molecule has 3 aromatic carbocycles. The summed E-state index contributed by atoms with van der Waals surface area (Å²) in [4.78, 5) is 24.7. The Morgan fingerprint density at radius 2 is 1.45 bits per heavy atom. The van der Waals surface area contributed by atoms with E-state index in [4.69, 9.17) is 9.47 Å². The molecule has 3 N–H and O–H groups in total. The van der Waals surface area contributed by atoms with E-state index >= 15 is 0 Å². The van der Waals surface area contributed by atoms with Crippen LogP contribution in [-0.2, 0) is 21.4 Å². The summed E-state index contributed by atoms with van der Waals surface area (Å²) in [5, 5.41) is 0. The van der Waals surface area contributed by atoms with Crippen molar-refractivity contribution in [3.63, 3.8) is 0 Å². The lowest BCUT2D eigenvalue weighted by Crippen LogP contribution is -2.41. The van der Waals surface area contributed by atoms with Crippen LogP contribution in [0.3, 0.4) is 0 Å². The first-order valence-corrected chi connectivity index (χ1v) is 11.3. The van der Waals surface area contributed by atoms with E-state index in [2.05, 4.69) is 15.6 Å². The second-order valence-corrected chi connectivity index (χ2v) is 8.56. The van der Waals surface area contributed by atoms with Crippen molar-refractivity contribution < 1.29 is 27.5 Å². The molecule has 9 nitrogen and oxygen atoms in total. The molecule has 0 saturated carbocycles. The third-order valence-electron chi connectivity index (χ3n) is 4.55. The van der Waals surface area contributed by atoms with Gasteiger partial charge >= 0.3 is 0 Å². The maximum atomic E-state index is 12.8. The van der Waals surface area contributed by atoms with E-state index in [1.165, 1.54) is 31.4 Å². The van der Waals surface area contributed by atoms with Gasteiger partial charge in [0.1, 0.15) is 5.75 Å². The van der Waals surface area contributed by atoms with Gasteiger partial charge in [-0.3, -0.25) is 25.2 Å². The van der Waals surface area contributed by atoms with Crippen molar-refractivity contribution in [3.05, 3.63) is 89.5 Å². The standard InChI is InChI=1S/C23H23N3O6S/c1-31-15-16-7-5-8-17(13-16)22(27)24-25-23(28)18-9-6-10-19(14-18)33(29,30)26-20-11-3-4-12-21(20)32-2/h3-14,26H,15H2,1-2H3,(H,24,27)(H,25,28). The van der Waals surface area contributed by atoms with Crippen LogP contribution in [0.2, 0.25) is 0 Å². The lowest BCUT2D eigenvalue weighted by molar-refractivity contribution is 0.0846. The summed E-state index contributed by atoms with van der Waals surface area (Å²) in [5.41, 5.74) is 6.06. The van der Waals surface area contributed by atoms with Crippen LogP contribution in [0.25, 0.3) is 0 Å². The first kappa shape index (κ1) is 23.8. The summed E-state index contributed by atoms with van der Waals surface area (Å²) in [5.74, 6) is -0.846. The Kier molecular flexibility index (Phi) is 7.65. The zero-order valence-electron chi connectivity index (χ0n) is 18.0. The number of nitrogens with one attached hydrogen (secondary N) is 3. The Balaban J connectivity index is 1.70. The van der Waals surface area contributed by atoms with Gasteiger partial charge < -0.3 is 9.47 Å². The molecule has 0 fully saturated rings. The molecular weight excluding hydrogens is 446 g/mol. The van der Waals surface area contributed by atoms with Crippen molar-refractivity contribution in [3.8, 4) is 5.75 Å². The molecule has 10 heteroatoms. The van der Waals surface area contributed by atoms with E-state index in [-0.39, 0.29) is 16.1 Å². The number of methoxy groups -OCH3 is 2. The molecule has 0 saturated heterocycles.